The maximum absolute atomic E-state index is 13.7. The lowest BCUT2D eigenvalue weighted by Gasteiger charge is -2.37. The highest BCUT2D eigenvalue weighted by Gasteiger charge is 2.29. The van der Waals surface area contributed by atoms with E-state index in [1.165, 1.54) is 6.07 Å². The van der Waals surface area contributed by atoms with Gasteiger partial charge in [0.25, 0.3) is 5.69 Å². The van der Waals surface area contributed by atoms with Gasteiger partial charge in [0.05, 0.1) is 9.95 Å². The van der Waals surface area contributed by atoms with E-state index in [-0.39, 0.29) is 16.8 Å². The molecule has 1 N–H and O–H groups in total. The Bertz CT molecular complexity index is 511. The van der Waals surface area contributed by atoms with Gasteiger partial charge in [0.1, 0.15) is 11.5 Å². The van der Waals surface area contributed by atoms with E-state index < -0.39 is 10.7 Å². The Kier molecular flexibility index (Phi) is 4.77. The van der Waals surface area contributed by atoms with Crippen LogP contribution >= 0.6 is 11.6 Å². The molecule has 110 valence electrons. The first-order valence-corrected chi connectivity index (χ1v) is 6.97. The van der Waals surface area contributed by atoms with E-state index in [9.17, 15) is 14.5 Å². The fraction of sp³-hybridized carbons (Fsp3) is 0.538. The van der Waals surface area contributed by atoms with Gasteiger partial charge in [0.2, 0.25) is 0 Å². The molecule has 0 aliphatic carbocycles. The number of halogens is 2. The minimum atomic E-state index is -0.624. The summed E-state index contributed by atoms with van der Waals surface area (Å²) in [5, 5.41) is 14.0. The number of nitro benzene ring substituents is 1. The zero-order valence-electron chi connectivity index (χ0n) is 11.2. The van der Waals surface area contributed by atoms with Gasteiger partial charge in [-0.05, 0) is 26.3 Å². The fourth-order valence-electron chi connectivity index (χ4n) is 2.67. The lowest BCUT2D eigenvalue weighted by molar-refractivity contribution is -0.384. The molecule has 20 heavy (non-hydrogen) atoms. The van der Waals surface area contributed by atoms with Gasteiger partial charge in [0, 0.05) is 31.3 Å². The van der Waals surface area contributed by atoms with Crippen molar-refractivity contribution in [1.29, 1.82) is 0 Å². The maximum Gasteiger partial charge on any atom is 0.294 e. The first-order valence-electron chi connectivity index (χ1n) is 6.59. The Balaban J connectivity index is 2.43. The number of likely N-dealkylation sites (N-methyl/N-ethyl adjacent to an activating group) is 1. The maximum atomic E-state index is 13.7. The molecule has 1 heterocycles. The van der Waals surface area contributed by atoms with Gasteiger partial charge >= 0.3 is 0 Å². The number of benzene rings is 1. The minimum Gasteiger partial charge on any atom is -0.362 e. The molecule has 1 aliphatic heterocycles. The van der Waals surface area contributed by atoms with E-state index in [1.807, 2.05) is 11.9 Å². The van der Waals surface area contributed by atoms with Crippen molar-refractivity contribution in [2.45, 2.75) is 25.3 Å². The summed E-state index contributed by atoms with van der Waals surface area (Å²) in [6, 6.07) is 2.40. The number of hydrogen-bond donors (Lipinski definition) is 1. The van der Waals surface area contributed by atoms with Crippen LogP contribution in [0.15, 0.2) is 12.1 Å². The number of nitro groups is 1. The van der Waals surface area contributed by atoms with Crippen LogP contribution in [0.4, 0.5) is 15.8 Å². The molecule has 0 amide bonds. The molecular formula is C13H17ClFN3O2. The molecule has 0 aromatic heterocycles. The summed E-state index contributed by atoms with van der Waals surface area (Å²) in [7, 11) is 1.84. The number of nitrogens with zero attached hydrogens (tertiary/aromatic N) is 2. The Labute approximate surface area is 121 Å². The van der Waals surface area contributed by atoms with Crippen molar-refractivity contribution in [3.05, 3.63) is 33.1 Å². The molecule has 1 atom stereocenters. The summed E-state index contributed by atoms with van der Waals surface area (Å²) in [5.41, 5.74) is 0.177. The Morgan fingerprint density at radius 3 is 2.95 bits per heavy atom. The highest BCUT2D eigenvalue weighted by Crippen LogP contribution is 2.36. The molecule has 1 unspecified atom stereocenters. The molecule has 1 aliphatic rings. The van der Waals surface area contributed by atoms with Gasteiger partial charge in [-0.1, -0.05) is 11.6 Å². The van der Waals surface area contributed by atoms with Gasteiger partial charge in [-0.2, -0.15) is 0 Å². The smallest absolute Gasteiger partial charge is 0.294 e. The zero-order valence-corrected chi connectivity index (χ0v) is 12.0. The third kappa shape index (κ3) is 3.02. The van der Waals surface area contributed by atoms with E-state index in [1.54, 1.807) is 0 Å². The van der Waals surface area contributed by atoms with Crippen LogP contribution < -0.4 is 10.2 Å². The fourth-order valence-corrected chi connectivity index (χ4v) is 2.83. The Morgan fingerprint density at radius 1 is 1.55 bits per heavy atom. The van der Waals surface area contributed by atoms with E-state index in [4.69, 9.17) is 11.6 Å². The SMILES string of the molecule is CNCC1CCCCN1c1cc(F)c(Cl)cc1[N+](=O)[O-]. The van der Waals surface area contributed by atoms with E-state index >= 15 is 0 Å². The summed E-state index contributed by atoms with van der Waals surface area (Å²) < 4.78 is 13.7. The van der Waals surface area contributed by atoms with Crippen LogP contribution in [-0.4, -0.2) is 31.1 Å². The second kappa shape index (κ2) is 6.37. The van der Waals surface area contributed by atoms with E-state index in [0.29, 0.717) is 18.8 Å². The number of hydrogen-bond acceptors (Lipinski definition) is 4. The van der Waals surface area contributed by atoms with Gasteiger partial charge in [-0.3, -0.25) is 10.1 Å². The van der Waals surface area contributed by atoms with Crippen LogP contribution in [0, 0.1) is 15.9 Å². The van der Waals surface area contributed by atoms with Gasteiger partial charge < -0.3 is 10.2 Å². The summed E-state index contributed by atoms with van der Waals surface area (Å²) >= 11 is 5.66. The first-order chi connectivity index (χ1) is 9.54. The normalized spacial score (nSPS) is 19.1. The third-order valence-electron chi connectivity index (χ3n) is 3.59. The van der Waals surface area contributed by atoms with Crippen molar-refractivity contribution in [2.75, 3.05) is 25.0 Å². The van der Waals surface area contributed by atoms with Gasteiger partial charge in [-0.15, -0.1) is 0 Å². The standard InChI is InChI=1S/C13H17ClFN3O2/c1-16-8-9-4-2-3-5-17(9)12-7-11(15)10(14)6-13(12)18(19)20/h6-7,9,16H,2-5,8H2,1H3. The molecule has 7 heteroatoms. The van der Waals surface area contributed by atoms with Crippen LogP contribution in [-0.2, 0) is 0 Å². The summed E-state index contributed by atoms with van der Waals surface area (Å²) in [4.78, 5) is 12.6. The molecule has 5 nitrogen and oxygen atoms in total. The van der Waals surface area contributed by atoms with Crippen LogP contribution in [0.25, 0.3) is 0 Å². The van der Waals surface area contributed by atoms with Crippen molar-refractivity contribution < 1.29 is 9.31 Å². The quantitative estimate of drug-likeness (QED) is 0.686. The molecule has 1 fully saturated rings. The minimum absolute atomic E-state index is 0.132. The molecule has 1 aromatic rings. The molecule has 2 rings (SSSR count). The average molecular weight is 302 g/mol. The highest BCUT2D eigenvalue weighted by atomic mass is 35.5. The monoisotopic (exact) mass is 301 g/mol. The Morgan fingerprint density at radius 2 is 2.30 bits per heavy atom. The predicted octanol–water partition coefficient (Wildman–Crippen LogP) is 2.97. The van der Waals surface area contributed by atoms with Crippen LogP contribution in [0.1, 0.15) is 19.3 Å². The molecular weight excluding hydrogens is 285 g/mol. The molecule has 0 radical (unpaired) electrons. The van der Waals surface area contributed by atoms with Crippen LogP contribution in [0.5, 0.6) is 0 Å². The van der Waals surface area contributed by atoms with Crippen molar-refractivity contribution in [3.63, 3.8) is 0 Å². The summed E-state index contributed by atoms with van der Waals surface area (Å²) in [6.07, 6.45) is 2.95. The van der Waals surface area contributed by atoms with Crippen LogP contribution in [0.3, 0.4) is 0 Å². The second-order valence-electron chi connectivity index (χ2n) is 4.91. The summed E-state index contributed by atoms with van der Waals surface area (Å²) in [5.74, 6) is -0.624. The molecule has 0 bridgehead atoms. The predicted molar refractivity (Wildman–Crippen MR) is 77.0 cm³/mol. The number of anilines is 1. The zero-order chi connectivity index (χ0) is 14.7. The van der Waals surface area contributed by atoms with E-state index in [2.05, 4.69) is 5.32 Å². The van der Waals surface area contributed by atoms with Crippen molar-refractivity contribution >= 4 is 23.0 Å². The van der Waals surface area contributed by atoms with Crippen molar-refractivity contribution in [1.82, 2.24) is 5.32 Å². The van der Waals surface area contributed by atoms with E-state index in [0.717, 1.165) is 25.3 Å². The topological polar surface area (TPSA) is 58.4 Å². The molecule has 0 spiro atoms. The van der Waals surface area contributed by atoms with Gasteiger partial charge in [0.15, 0.2) is 0 Å². The average Bonchev–Trinajstić information content (AvgIpc) is 2.42. The third-order valence-corrected chi connectivity index (χ3v) is 3.88. The number of rotatable bonds is 4. The van der Waals surface area contributed by atoms with Crippen molar-refractivity contribution in [3.8, 4) is 0 Å². The second-order valence-corrected chi connectivity index (χ2v) is 5.32. The largest absolute Gasteiger partial charge is 0.362 e. The lowest BCUT2D eigenvalue weighted by atomic mass is 10.0. The van der Waals surface area contributed by atoms with Gasteiger partial charge in [-0.25, -0.2) is 4.39 Å². The van der Waals surface area contributed by atoms with Crippen molar-refractivity contribution in [2.24, 2.45) is 0 Å². The number of nitrogens with one attached hydrogen (secondary N) is 1. The number of piperidine rings is 1. The Hall–Kier alpha value is -1.40. The highest BCUT2D eigenvalue weighted by molar-refractivity contribution is 6.31. The molecule has 0 saturated carbocycles. The first kappa shape index (κ1) is 15.0. The van der Waals surface area contributed by atoms with Crippen LogP contribution in [0.2, 0.25) is 5.02 Å². The summed E-state index contributed by atoms with van der Waals surface area (Å²) in [6.45, 7) is 1.40. The lowest BCUT2D eigenvalue weighted by Crippen LogP contribution is -2.45. The molecule has 1 aromatic carbocycles. The molecule has 1 saturated heterocycles.